The molecule has 0 saturated heterocycles. The van der Waals surface area contributed by atoms with E-state index in [2.05, 4.69) is 5.32 Å². The Bertz CT molecular complexity index is 819. The minimum absolute atomic E-state index is 0.0777. The number of hydrogen-bond donors (Lipinski definition) is 1. The standard InChI is InChI=1S/C18H20N4O5/c1-13-16(21(24)25)11-14(12-17(13)22(26)27)18(23)19-9-6-10-20(2)15-7-4-3-5-8-15/h3-5,7-8,11-12H,6,9-10H2,1-2H3,(H,19,23). The van der Waals surface area contributed by atoms with Crippen molar-refractivity contribution in [2.75, 3.05) is 25.0 Å². The first-order valence-electron chi connectivity index (χ1n) is 8.29. The maximum Gasteiger partial charge on any atom is 0.279 e. The third-order valence-electron chi connectivity index (χ3n) is 4.16. The highest BCUT2D eigenvalue weighted by Gasteiger charge is 2.25. The molecule has 0 atom stereocenters. The van der Waals surface area contributed by atoms with Crippen LogP contribution in [0.2, 0.25) is 0 Å². The Kier molecular flexibility index (Phi) is 6.42. The summed E-state index contributed by atoms with van der Waals surface area (Å²) in [5, 5.41) is 24.8. The Morgan fingerprint density at radius 1 is 1.07 bits per heavy atom. The van der Waals surface area contributed by atoms with E-state index in [4.69, 9.17) is 0 Å². The van der Waals surface area contributed by atoms with Gasteiger partial charge in [-0.3, -0.25) is 25.0 Å². The molecule has 0 bridgehead atoms. The summed E-state index contributed by atoms with van der Waals surface area (Å²) in [7, 11) is 1.93. The number of nitro groups is 2. The van der Waals surface area contributed by atoms with Crippen LogP contribution in [0.25, 0.3) is 0 Å². The summed E-state index contributed by atoms with van der Waals surface area (Å²) in [6.07, 6.45) is 0.646. The van der Waals surface area contributed by atoms with Gasteiger partial charge < -0.3 is 10.2 Å². The van der Waals surface area contributed by atoms with Crippen LogP contribution in [0.15, 0.2) is 42.5 Å². The van der Waals surface area contributed by atoms with Crippen LogP contribution in [-0.4, -0.2) is 35.9 Å². The fraction of sp³-hybridized carbons (Fsp3) is 0.278. The van der Waals surface area contributed by atoms with Crippen molar-refractivity contribution >= 4 is 23.0 Å². The van der Waals surface area contributed by atoms with E-state index in [1.165, 1.54) is 6.92 Å². The maximum atomic E-state index is 12.3. The summed E-state index contributed by atoms with van der Waals surface area (Å²) in [6, 6.07) is 11.9. The molecule has 2 aromatic rings. The highest BCUT2D eigenvalue weighted by atomic mass is 16.6. The SMILES string of the molecule is Cc1c([N+](=O)[O-])cc(C(=O)NCCCN(C)c2ccccc2)cc1[N+](=O)[O-]. The van der Waals surface area contributed by atoms with Crippen LogP contribution in [0, 0.1) is 27.2 Å². The van der Waals surface area contributed by atoms with E-state index in [0.29, 0.717) is 19.5 Å². The van der Waals surface area contributed by atoms with Crippen LogP contribution in [0.3, 0.4) is 0 Å². The Morgan fingerprint density at radius 2 is 1.63 bits per heavy atom. The molecule has 1 amide bonds. The molecule has 0 spiro atoms. The number of para-hydroxylation sites is 1. The number of carbonyl (C=O) groups is 1. The third-order valence-corrected chi connectivity index (χ3v) is 4.16. The Hall–Kier alpha value is -3.49. The minimum Gasteiger partial charge on any atom is -0.375 e. The molecule has 9 nitrogen and oxygen atoms in total. The van der Waals surface area contributed by atoms with Gasteiger partial charge in [0.15, 0.2) is 0 Å². The average molecular weight is 372 g/mol. The summed E-state index contributed by atoms with van der Waals surface area (Å²) < 4.78 is 0. The largest absolute Gasteiger partial charge is 0.375 e. The Balaban J connectivity index is 1.99. The lowest BCUT2D eigenvalue weighted by molar-refractivity contribution is -0.395. The fourth-order valence-electron chi connectivity index (χ4n) is 2.63. The predicted molar refractivity (Wildman–Crippen MR) is 101 cm³/mol. The highest BCUT2D eigenvalue weighted by molar-refractivity contribution is 5.96. The molecule has 2 aromatic carbocycles. The monoisotopic (exact) mass is 372 g/mol. The number of nitrogens with zero attached hydrogens (tertiary/aromatic N) is 3. The van der Waals surface area contributed by atoms with E-state index >= 15 is 0 Å². The number of hydrogen-bond acceptors (Lipinski definition) is 6. The first-order chi connectivity index (χ1) is 12.8. The molecule has 0 aliphatic carbocycles. The van der Waals surface area contributed by atoms with Crippen LogP contribution < -0.4 is 10.2 Å². The molecule has 0 aliphatic rings. The molecule has 9 heteroatoms. The lowest BCUT2D eigenvalue weighted by atomic mass is 10.1. The first-order valence-corrected chi connectivity index (χ1v) is 8.29. The van der Waals surface area contributed by atoms with E-state index in [-0.39, 0.29) is 11.1 Å². The van der Waals surface area contributed by atoms with Crippen molar-refractivity contribution in [3.05, 3.63) is 73.8 Å². The highest BCUT2D eigenvalue weighted by Crippen LogP contribution is 2.29. The molecule has 1 N–H and O–H groups in total. The van der Waals surface area contributed by atoms with E-state index in [1.54, 1.807) is 0 Å². The second-order valence-corrected chi connectivity index (χ2v) is 6.02. The smallest absolute Gasteiger partial charge is 0.279 e. The molecule has 0 radical (unpaired) electrons. The molecular weight excluding hydrogens is 352 g/mol. The number of amides is 1. The van der Waals surface area contributed by atoms with Gasteiger partial charge >= 0.3 is 0 Å². The van der Waals surface area contributed by atoms with Crippen molar-refractivity contribution < 1.29 is 14.6 Å². The molecule has 2 rings (SSSR count). The summed E-state index contributed by atoms with van der Waals surface area (Å²) >= 11 is 0. The second kappa shape index (κ2) is 8.75. The van der Waals surface area contributed by atoms with Gasteiger partial charge in [0.2, 0.25) is 0 Å². The number of nitro benzene ring substituents is 2. The molecule has 0 heterocycles. The molecule has 142 valence electrons. The number of carbonyl (C=O) groups excluding carboxylic acids is 1. The number of benzene rings is 2. The maximum absolute atomic E-state index is 12.3. The Labute approximate surface area is 155 Å². The first kappa shape index (κ1) is 19.8. The van der Waals surface area contributed by atoms with Crippen molar-refractivity contribution in [1.29, 1.82) is 0 Å². The minimum atomic E-state index is -0.728. The number of anilines is 1. The van der Waals surface area contributed by atoms with E-state index < -0.39 is 27.1 Å². The zero-order chi connectivity index (χ0) is 20.0. The van der Waals surface area contributed by atoms with E-state index in [9.17, 15) is 25.0 Å². The predicted octanol–water partition coefficient (Wildman–Crippen LogP) is 3.07. The number of rotatable bonds is 8. The van der Waals surface area contributed by atoms with Crippen LogP contribution >= 0.6 is 0 Å². The van der Waals surface area contributed by atoms with Gasteiger partial charge in [-0.15, -0.1) is 0 Å². The quantitative estimate of drug-likeness (QED) is 0.432. The van der Waals surface area contributed by atoms with Gasteiger partial charge in [-0.05, 0) is 25.5 Å². The molecule has 0 saturated carbocycles. The van der Waals surface area contributed by atoms with Crippen LogP contribution in [-0.2, 0) is 0 Å². The van der Waals surface area contributed by atoms with Crippen LogP contribution in [0.1, 0.15) is 22.3 Å². The van der Waals surface area contributed by atoms with E-state index in [1.807, 2.05) is 42.3 Å². The van der Waals surface area contributed by atoms with Gasteiger partial charge in [-0.25, -0.2) is 0 Å². The summed E-state index contributed by atoms with van der Waals surface area (Å²) in [6.45, 7) is 2.32. The molecule has 0 aliphatic heterocycles. The molecular formula is C18H20N4O5. The normalized spacial score (nSPS) is 10.3. The van der Waals surface area contributed by atoms with Gasteiger partial charge in [0, 0.05) is 38.0 Å². The summed E-state index contributed by atoms with van der Waals surface area (Å²) in [4.78, 5) is 35.0. The fourth-order valence-corrected chi connectivity index (χ4v) is 2.63. The topological polar surface area (TPSA) is 119 Å². The van der Waals surface area contributed by atoms with Crippen LogP contribution in [0.5, 0.6) is 0 Å². The zero-order valence-electron chi connectivity index (χ0n) is 15.0. The van der Waals surface area contributed by atoms with Gasteiger partial charge in [-0.1, -0.05) is 18.2 Å². The van der Waals surface area contributed by atoms with Gasteiger partial charge in [-0.2, -0.15) is 0 Å². The van der Waals surface area contributed by atoms with Crippen molar-refractivity contribution in [1.82, 2.24) is 5.32 Å². The second-order valence-electron chi connectivity index (χ2n) is 6.02. The third kappa shape index (κ3) is 5.00. The van der Waals surface area contributed by atoms with Crippen molar-refractivity contribution in [3.8, 4) is 0 Å². The van der Waals surface area contributed by atoms with Crippen molar-refractivity contribution in [2.45, 2.75) is 13.3 Å². The summed E-state index contributed by atoms with van der Waals surface area (Å²) in [5.74, 6) is -0.580. The van der Waals surface area contributed by atoms with Crippen LogP contribution in [0.4, 0.5) is 17.1 Å². The van der Waals surface area contributed by atoms with E-state index in [0.717, 1.165) is 17.8 Å². The summed E-state index contributed by atoms with van der Waals surface area (Å²) in [5.41, 5.74) is -0.0219. The number of nitrogens with one attached hydrogen (secondary N) is 1. The molecule has 0 unspecified atom stereocenters. The van der Waals surface area contributed by atoms with Gasteiger partial charge in [0.25, 0.3) is 17.3 Å². The zero-order valence-corrected chi connectivity index (χ0v) is 15.0. The molecule has 27 heavy (non-hydrogen) atoms. The lowest BCUT2D eigenvalue weighted by Gasteiger charge is -2.19. The van der Waals surface area contributed by atoms with Crippen molar-refractivity contribution in [3.63, 3.8) is 0 Å². The van der Waals surface area contributed by atoms with Gasteiger partial charge in [0.05, 0.1) is 15.4 Å². The Morgan fingerprint density at radius 3 is 2.15 bits per heavy atom. The average Bonchev–Trinajstić information content (AvgIpc) is 2.65. The molecule has 0 aromatic heterocycles. The van der Waals surface area contributed by atoms with Crippen molar-refractivity contribution in [2.24, 2.45) is 0 Å². The lowest BCUT2D eigenvalue weighted by Crippen LogP contribution is -2.28. The molecule has 0 fully saturated rings. The van der Waals surface area contributed by atoms with Gasteiger partial charge in [0.1, 0.15) is 5.56 Å².